The van der Waals surface area contributed by atoms with E-state index in [0.717, 1.165) is 12.2 Å². The summed E-state index contributed by atoms with van der Waals surface area (Å²) in [5.74, 6) is 6.39. The van der Waals surface area contributed by atoms with Crippen LogP contribution in [0.4, 0.5) is 0 Å². The zero-order valence-electron chi connectivity index (χ0n) is 13.1. The quantitative estimate of drug-likeness (QED) is 0.334. The van der Waals surface area contributed by atoms with Crippen molar-refractivity contribution in [1.82, 2.24) is 5.43 Å². The van der Waals surface area contributed by atoms with Crippen molar-refractivity contribution in [2.24, 2.45) is 5.84 Å². The molecule has 1 aromatic carbocycles. The second-order valence-corrected chi connectivity index (χ2v) is 5.98. The predicted octanol–water partition coefficient (Wildman–Crippen LogP) is 4.69. The Labute approximate surface area is 134 Å². The molecule has 3 N–H and O–H groups in total. The minimum Gasteiger partial charge on any atom is -0.492 e. The van der Waals surface area contributed by atoms with Gasteiger partial charge in [0.2, 0.25) is 0 Å². The fraction of sp³-hybridized carbons (Fsp3) is 0.647. The van der Waals surface area contributed by atoms with Crippen molar-refractivity contribution in [2.45, 2.75) is 64.3 Å². The van der Waals surface area contributed by atoms with E-state index in [2.05, 4.69) is 12.3 Å². The van der Waals surface area contributed by atoms with Crippen LogP contribution in [0, 0.1) is 0 Å². The van der Waals surface area contributed by atoms with Gasteiger partial charge in [-0.2, -0.15) is 0 Å². The van der Waals surface area contributed by atoms with Gasteiger partial charge in [0.25, 0.3) is 0 Å². The molecule has 0 saturated heterocycles. The Morgan fingerprint density at radius 1 is 1.14 bits per heavy atom. The number of halogens is 1. The highest BCUT2D eigenvalue weighted by molar-refractivity contribution is 6.30. The summed E-state index contributed by atoms with van der Waals surface area (Å²) in [5, 5.41) is 0.692. The van der Waals surface area contributed by atoms with Crippen molar-refractivity contribution < 1.29 is 4.74 Å². The summed E-state index contributed by atoms with van der Waals surface area (Å²) in [6, 6.07) is 7.65. The molecule has 1 aromatic rings. The molecule has 1 atom stereocenters. The van der Waals surface area contributed by atoms with Gasteiger partial charge in [0.15, 0.2) is 0 Å². The van der Waals surface area contributed by atoms with Crippen LogP contribution in [0.15, 0.2) is 24.3 Å². The van der Waals surface area contributed by atoms with Gasteiger partial charge in [-0.1, -0.05) is 69.5 Å². The number of nitrogens with one attached hydrogen (secondary N) is 1. The number of rotatable bonds is 12. The highest BCUT2D eigenvalue weighted by Crippen LogP contribution is 2.17. The van der Waals surface area contributed by atoms with E-state index in [9.17, 15) is 0 Å². The van der Waals surface area contributed by atoms with Gasteiger partial charge < -0.3 is 4.74 Å². The van der Waals surface area contributed by atoms with E-state index in [-0.39, 0.29) is 6.04 Å². The Morgan fingerprint density at radius 3 is 2.52 bits per heavy atom. The molecule has 0 spiro atoms. The van der Waals surface area contributed by atoms with Crippen LogP contribution >= 0.6 is 11.6 Å². The maximum Gasteiger partial charge on any atom is 0.120 e. The lowest BCUT2D eigenvalue weighted by Crippen LogP contribution is -2.39. The Hall–Kier alpha value is -0.770. The van der Waals surface area contributed by atoms with Crippen LogP contribution in [0.5, 0.6) is 5.75 Å². The average molecular weight is 313 g/mol. The third-order valence-electron chi connectivity index (χ3n) is 3.64. The van der Waals surface area contributed by atoms with E-state index in [1.54, 1.807) is 0 Å². The van der Waals surface area contributed by atoms with Crippen molar-refractivity contribution in [3.8, 4) is 5.75 Å². The minimum atomic E-state index is 0.194. The Kier molecular flexibility index (Phi) is 10.3. The molecular weight excluding hydrogens is 284 g/mol. The molecule has 1 rings (SSSR count). The van der Waals surface area contributed by atoms with Crippen molar-refractivity contribution in [1.29, 1.82) is 0 Å². The zero-order chi connectivity index (χ0) is 15.3. The molecule has 0 aliphatic carbocycles. The summed E-state index contributed by atoms with van der Waals surface area (Å²) in [4.78, 5) is 0. The molecular formula is C17H29ClN2O. The maximum atomic E-state index is 5.93. The molecule has 0 radical (unpaired) electrons. The first-order chi connectivity index (χ1) is 10.3. The lowest BCUT2D eigenvalue weighted by atomic mass is 10.1. The Balaban J connectivity index is 2.11. The van der Waals surface area contributed by atoms with Crippen LogP contribution in [0.2, 0.25) is 5.02 Å². The normalized spacial score (nSPS) is 12.3. The molecule has 0 amide bonds. The smallest absolute Gasteiger partial charge is 0.120 e. The zero-order valence-corrected chi connectivity index (χ0v) is 13.9. The topological polar surface area (TPSA) is 47.3 Å². The summed E-state index contributed by atoms with van der Waals surface area (Å²) < 4.78 is 5.72. The first-order valence-electron chi connectivity index (χ1n) is 8.10. The third-order valence-corrected chi connectivity index (χ3v) is 3.87. The minimum absolute atomic E-state index is 0.194. The molecule has 0 saturated carbocycles. The van der Waals surface area contributed by atoms with Gasteiger partial charge >= 0.3 is 0 Å². The summed E-state index contributed by atoms with van der Waals surface area (Å²) in [5.41, 5.74) is 2.84. The summed E-state index contributed by atoms with van der Waals surface area (Å²) >= 11 is 5.93. The van der Waals surface area contributed by atoms with Crippen LogP contribution in [0.25, 0.3) is 0 Å². The largest absolute Gasteiger partial charge is 0.492 e. The number of hydrogen-bond acceptors (Lipinski definition) is 3. The molecule has 0 heterocycles. The molecule has 0 aliphatic heterocycles. The van der Waals surface area contributed by atoms with E-state index in [1.807, 2.05) is 24.3 Å². The maximum absolute atomic E-state index is 5.93. The van der Waals surface area contributed by atoms with Gasteiger partial charge in [-0.15, -0.1) is 0 Å². The first-order valence-corrected chi connectivity index (χ1v) is 8.48. The second kappa shape index (κ2) is 11.8. The molecule has 4 heteroatoms. The average Bonchev–Trinajstić information content (AvgIpc) is 2.49. The van der Waals surface area contributed by atoms with Crippen molar-refractivity contribution >= 4 is 11.6 Å². The van der Waals surface area contributed by atoms with Gasteiger partial charge in [0, 0.05) is 5.02 Å². The molecule has 1 unspecified atom stereocenters. The van der Waals surface area contributed by atoms with Gasteiger partial charge in [0.1, 0.15) is 12.4 Å². The lowest BCUT2D eigenvalue weighted by molar-refractivity contribution is 0.254. The molecule has 120 valence electrons. The molecule has 0 fully saturated rings. The number of ether oxygens (including phenoxy) is 1. The monoisotopic (exact) mass is 312 g/mol. The molecule has 0 aliphatic rings. The van der Waals surface area contributed by atoms with E-state index >= 15 is 0 Å². The highest BCUT2D eigenvalue weighted by Gasteiger charge is 2.07. The van der Waals surface area contributed by atoms with Gasteiger partial charge in [0.05, 0.1) is 6.04 Å². The van der Waals surface area contributed by atoms with Crippen LogP contribution in [-0.2, 0) is 0 Å². The third kappa shape index (κ3) is 8.97. The van der Waals surface area contributed by atoms with Crippen molar-refractivity contribution in [3.05, 3.63) is 29.3 Å². The Morgan fingerprint density at radius 2 is 1.86 bits per heavy atom. The summed E-state index contributed by atoms with van der Waals surface area (Å²) in [6.07, 6.45) is 10.2. The highest BCUT2D eigenvalue weighted by atomic mass is 35.5. The van der Waals surface area contributed by atoms with E-state index in [4.69, 9.17) is 22.2 Å². The Bertz CT molecular complexity index is 374. The standard InChI is InChI=1S/C17H29ClN2O/c1-2-3-4-5-6-7-8-11-16(20-19)14-21-17-12-9-10-15(18)13-17/h9-10,12-13,16,20H,2-8,11,14,19H2,1H3. The number of benzene rings is 1. The number of unbranched alkanes of at least 4 members (excludes halogenated alkanes) is 6. The van der Waals surface area contributed by atoms with Gasteiger partial charge in [-0.3, -0.25) is 11.3 Å². The lowest BCUT2D eigenvalue weighted by Gasteiger charge is -2.16. The first kappa shape index (κ1) is 18.3. The van der Waals surface area contributed by atoms with E-state index in [1.165, 1.54) is 44.9 Å². The fourth-order valence-electron chi connectivity index (χ4n) is 2.32. The van der Waals surface area contributed by atoms with Crippen LogP contribution in [-0.4, -0.2) is 12.6 Å². The molecule has 21 heavy (non-hydrogen) atoms. The molecule has 0 aromatic heterocycles. The number of hydrogen-bond donors (Lipinski definition) is 2. The van der Waals surface area contributed by atoms with Gasteiger partial charge in [-0.05, 0) is 24.6 Å². The van der Waals surface area contributed by atoms with Crippen LogP contribution < -0.4 is 16.0 Å². The predicted molar refractivity (Wildman–Crippen MR) is 90.7 cm³/mol. The molecule has 0 bridgehead atoms. The SMILES string of the molecule is CCCCCCCCCC(COc1cccc(Cl)c1)NN. The van der Waals surface area contributed by atoms with Crippen LogP contribution in [0.1, 0.15) is 58.3 Å². The number of nitrogens with two attached hydrogens (primary N) is 1. The van der Waals surface area contributed by atoms with E-state index in [0.29, 0.717) is 11.6 Å². The second-order valence-electron chi connectivity index (χ2n) is 5.54. The van der Waals surface area contributed by atoms with Gasteiger partial charge in [-0.25, -0.2) is 0 Å². The van der Waals surface area contributed by atoms with Crippen LogP contribution in [0.3, 0.4) is 0 Å². The van der Waals surface area contributed by atoms with E-state index < -0.39 is 0 Å². The van der Waals surface area contributed by atoms with Crippen molar-refractivity contribution in [2.75, 3.05) is 6.61 Å². The fourth-order valence-corrected chi connectivity index (χ4v) is 2.50. The molecule has 3 nitrogen and oxygen atoms in total. The van der Waals surface area contributed by atoms with Crippen molar-refractivity contribution in [3.63, 3.8) is 0 Å². The number of hydrazine groups is 1. The summed E-state index contributed by atoms with van der Waals surface area (Å²) in [7, 11) is 0. The summed E-state index contributed by atoms with van der Waals surface area (Å²) in [6.45, 7) is 2.82.